The molecule has 4 spiro atoms. The number of anilines is 4. The van der Waals surface area contributed by atoms with Crippen LogP contribution in [0.3, 0.4) is 0 Å². The quantitative estimate of drug-likeness (QED) is 0.00773. The minimum absolute atomic E-state index is 0.0538. The second-order valence-corrected chi connectivity index (χ2v) is 41.0. The summed E-state index contributed by atoms with van der Waals surface area (Å²) in [5.74, 6) is 1.69. The summed E-state index contributed by atoms with van der Waals surface area (Å²) in [7, 11) is 14.7. The van der Waals surface area contributed by atoms with Gasteiger partial charge in [-0.05, 0) is 208 Å². The van der Waals surface area contributed by atoms with Gasteiger partial charge in [-0.3, -0.25) is 39.1 Å². The van der Waals surface area contributed by atoms with Gasteiger partial charge in [0.1, 0.15) is 34.5 Å². The third kappa shape index (κ3) is 27.7. The molecule has 4 atom stereocenters. The van der Waals surface area contributed by atoms with E-state index in [4.69, 9.17) is 61.3 Å². The van der Waals surface area contributed by atoms with E-state index in [9.17, 15) is 47.9 Å². The summed E-state index contributed by atoms with van der Waals surface area (Å²) >= 11 is 6.61. The minimum atomic E-state index is -1.67. The van der Waals surface area contributed by atoms with Crippen molar-refractivity contribution < 1.29 is 109 Å². The second kappa shape index (κ2) is 48.7. The number of thiol groups is 1. The van der Waals surface area contributed by atoms with Gasteiger partial charge in [0, 0.05) is 173 Å². The number of carbonyl (C=O) groups is 10. The zero-order valence-corrected chi connectivity index (χ0v) is 86.9. The van der Waals surface area contributed by atoms with Crippen molar-refractivity contribution in [1.29, 1.82) is 0 Å². The molecule has 0 bridgehead atoms. The second-order valence-electron chi connectivity index (χ2n) is 37.3. The van der Waals surface area contributed by atoms with E-state index in [1.54, 1.807) is 90.0 Å². The van der Waals surface area contributed by atoms with Crippen molar-refractivity contribution in [3.63, 3.8) is 0 Å². The van der Waals surface area contributed by atoms with E-state index in [1.807, 2.05) is 124 Å². The Kier molecular flexibility index (Phi) is 38.0. The van der Waals surface area contributed by atoms with Crippen LogP contribution >= 0.6 is 50.1 Å². The Hall–Kier alpha value is -11.8. The van der Waals surface area contributed by atoms with E-state index >= 15 is 0 Å². The van der Waals surface area contributed by atoms with Crippen LogP contribution in [0.2, 0.25) is 0 Å². The van der Waals surface area contributed by atoms with E-state index in [0.29, 0.717) is 170 Å². The number of ether oxygens (including phenoxy) is 9. The third-order valence-corrected chi connectivity index (χ3v) is 25.0. The van der Waals surface area contributed by atoms with Crippen LogP contribution in [0, 0.1) is 0 Å². The number of nitrogens with zero attached hydrogens (tertiary/aromatic N) is 11. The fourth-order valence-electron chi connectivity index (χ4n) is 17.0. The van der Waals surface area contributed by atoms with E-state index in [0.717, 1.165) is 77.3 Å². The number of carboxylic acid groups (broad SMARTS) is 1. The Morgan fingerprint density at radius 1 is 0.503 bits per heavy atom. The average Bonchev–Trinajstić information content (AvgIpc) is 1.56. The molecule has 8 aromatic heterocycles. The molecule has 0 aromatic carbocycles. The Balaban J connectivity index is 0.000000171. The topological polar surface area (TPSA) is 480 Å². The van der Waals surface area contributed by atoms with Crippen molar-refractivity contribution in [2.45, 2.75) is 185 Å². The molecule has 0 unspecified atom stereocenters. The van der Waals surface area contributed by atoms with Crippen molar-refractivity contribution in [2.24, 2.45) is 4.30 Å². The molecule has 5 aliphatic heterocycles. The van der Waals surface area contributed by atoms with Crippen LogP contribution in [0.4, 0.5) is 32.9 Å². The van der Waals surface area contributed by atoms with Crippen molar-refractivity contribution in [3.8, 4) is 0 Å². The summed E-state index contributed by atoms with van der Waals surface area (Å²) in [6.07, 6.45) is 21.4. The first kappa shape index (κ1) is 112. The number of carbonyl (C=O) groups excluding carboxylic acids is 9. The molecule has 1 saturated heterocycles. The predicted octanol–water partition coefficient (Wildman–Crippen LogP) is 13.1. The number of fused-ring (bicyclic) bond motifs is 12. The number of hydrogen-bond donors (Lipinski definition) is 6. The van der Waals surface area contributed by atoms with Crippen LogP contribution in [0.1, 0.15) is 204 Å². The summed E-state index contributed by atoms with van der Waals surface area (Å²) in [5, 5.41) is 20.5. The van der Waals surface area contributed by atoms with Gasteiger partial charge in [0.25, 0.3) is 0 Å². The number of rotatable bonds is 25. The molecular formula is C98H115B2BrCl2N15O23S2. The number of hydrogen-bond acceptors (Lipinski definition) is 32. The predicted molar refractivity (Wildman–Crippen MR) is 540 cm³/mol. The van der Waals surface area contributed by atoms with Gasteiger partial charge in [-0.15, -0.1) is 0 Å². The first-order valence-corrected chi connectivity index (χ1v) is 49.9. The molecule has 5 N–H and O–H groups in total. The number of halogens is 3. The average molecular weight is 2110 g/mol. The summed E-state index contributed by atoms with van der Waals surface area (Å²) in [6.45, 7) is 29.6. The van der Waals surface area contributed by atoms with Gasteiger partial charge in [0.15, 0.2) is 0 Å². The molecule has 38 nitrogen and oxygen atoms in total. The van der Waals surface area contributed by atoms with E-state index in [2.05, 4.69) is 123 Å². The van der Waals surface area contributed by atoms with Crippen LogP contribution in [0.15, 0.2) is 137 Å². The maximum atomic E-state index is 13.1. The number of aromatic nitrogens is 8. The molecule has 45 heteroatoms. The molecule has 759 valence electrons. The molecule has 0 saturated carbocycles. The van der Waals surface area contributed by atoms with Gasteiger partial charge in [0.05, 0.1) is 128 Å². The standard InChI is InChI=1S/C30H38N4O7.C19H36BNO6.C17H14BrN3O3.C17H15N3O3.C15H11N3O3.BHNS.Cl2OS/c1-6-40-26(35)22-15-21-16-30(17-24(21)31-19-22)23-14-20(18-32-25(23)33-27(30)36)8-7-10-38-12-13-39-11-9-34(5)28(37)41-29(2,3)4;1-17(2,3)25-16(22)21(8)11-13-24-15-14-23-12-9-10-20-26-18(4,5)19(6,7)27-20;1-2-24-15(22)10-3-9-5-17(6-13(9)19-7-10)12-4-11(18)8-20-14(12)21-16(17)23;1-2-23-15(21)11-6-10-7-17(8-13(10)19-9-11)12-4-3-5-18-14(12)20-16(17)22;19-13(20)9-4-8-5-15(6-11(8)17-7-9)10-2-1-3-16-12(10)18-14(15)21;1-2-3;1-4(2)3/h7-8,14-15,18-19H,6,9-13,16-17H2,1-5H3,(H,32,33,36);9-10H,11-15H2,1-8H3;3-4,7-8H,2,5-6H2,1H3,(H,20,21,23);3-6,9H,2,7-8H2,1H3,(H,18,20,22);1-4,7H,5-6H2,(H,19,20)(H,16,18,21);3H;/b8-7+;10-9+;;;;;/t30-;;2*17-;15-;;/m0.000../s1. The van der Waals surface area contributed by atoms with Gasteiger partial charge in [-0.2, -0.15) is 0 Å². The Labute approximate surface area is 855 Å². The Morgan fingerprint density at radius 2 is 0.832 bits per heavy atom. The fraction of sp³-hybridized carbons (Fsp3) is 0.449. The Morgan fingerprint density at radius 3 is 1.20 bits per heavy atom. The number of likely N-dealkylation sites (N-methyl/N-ethyl adjacent to an activating group) is 2. The molecule has 17 rings (SSSR count). The van der Waals surface area contributed by atoms with Gasteiger partial charge in [-0.25, -0.2) is 52.9 Å². The number of esters is 3. The molecule has 1 radical (unpaired) electrons. The van der Waals surface area contributed by atoms with Crippen LogP contribution < -0.4 is 21.3 Å². The molecule has 1 fully saturated rings. The number of aromatic carboxylic acids is 1. The molecule has 6 amide bonds. The monoisotopic (exact) mass is 2100 g/mol. The third-order valence-electron chi connectivity index (χ3n) is 24.6. The SMILES string of the molecule is CCOC(=O)c1cnc2c(c1)C[C@@]1(C2)C(=O)Nc2ncc(/C=C/COCCOCCN(C)C(=O)OC(C)(C)C)cc21.CCOC(=O)c1cnc2c(c1)C[C@@]1(C2)C(=O)Nc2ncc(Br)cc21.CCOC(=O)c1cnc2c(c1)C[C@@]1(C2)C(=O)Nc2ncccc21.CN(CCOCCOC/C=C/B1OC(C)(C)C(C)(C)O1)C(=O)OC(C)(C)C.O=C(O)c1cnc2c(c1)C[C@@]1(C2)C(=O)Nc2ncccc21.O=S(Cl)Cl.[B]=NS. The zero-order valence-electron chi connectivity index (χ0n) is 82.0. The maximum absolute atomic E-state index is 13.1. The molecular weight excluding hydrogens is 1990 g/mol. The molecule has 13 heterocycles. The van der Waals surface area contributed by atoms with Crippen LogP contribution in [-0.2, 0) is 153 Å². The number of carboxylic acids is 1. The van der Waals surface area contributed by atoms with Gasteiger partial charge in [0.2, 0.25) is 32.9 Å². The van der Waals surface area contributed by atoms with Crippen molar-refractivity contribution in [1.82, 2.24) is 49.7 Å². The zero-order chi connectivity index (χ0) is 104. The van der Waals surface area contributed by atoms with Crippen molar-refractivity contribution in [2.75, 3.05) is 121 Å². The number of amides is 6. The number of nitrogens with one attached hydrogen (secondary N) is 4. The van der Waals surface area contributed by atoms with Crippen molar-refractivity contribution >= 4 is 163 Å². The van der Waals surface area contributed by atoms with E-state index < -0.39 is 60.0 Å². The molecule has 143 heavy (non-hydrogen) atoms. The van der Waals surface area contributed by atoms with Gasteiger partial charge in [-0.1, -0.05) is 36.3 Å². The van der Waals surface area contributed by atoms with Crippen LogP contribution in [-0.4, -0.2) is 256 Å². The first-order chi connectivity index (χ1) is 67.8. The molecule has 4 aliphatic carbocycles. The fourth-order valence-corrected chi connectivity index (χ4v) is 17.4. The summed E-state index contributed by atoms with van der Waals surface area (Å²) in [4.78, 5) is 159. The van der Waals surface area contributed by atoms with Crippen LogP contribution in [0.5, 0.6) is 0 Å². The summed E-state index contributed by atoms with van der Waals surface area (Å²) in [5.41, 5.74) is 7.93. The summed E-state index contributed by atoms with van der Waals surface area (Å²) < 4.78 is 72.2. The Bertz CT molecular complexity index is 6160. The normalized spacial score (nSPS) is 19.0. The molecule has 9 aliphatic rings. The molecule has 8 aromatic rings. The van der Waals surface area contributed by atoms with Gasteiger partial charge >= 0.3 is 67.9 Å². The van der Waals surface area contributed by atoms with E-state index in [1.165, 1.54) is 34.6 Å². The van der Waals surface area contributed by atoms with E-state index in [-0.39, 0.29) is 72.3 Å². The summed E-state index contributed by atoms with van der Waals surface area (Å²) in [6, 6.07) is 18.3. The van der Waals surface area contributed by atoms with Crippen molar-refractivity contribution in [3.05, 3.63) is 228 Å². The van der Waals surface area contributed by atoms with Crippen LogP contribution in [0.25, 0.3) is 6.08 Å². The van der Waals surface area contributed by atoms with Gasteiger partial charge < -0.3 is 88.1 Å². The number of pyridine rings is 8. The first-order valence-electron chi connectivity index (χ1n) is 45.9.